The molecule has 1 atom stereocenters. The summed E-state index contributed by atoms with van der Waals surface area (Å²) in [5.74, 6) is 0. The minimum Gasteiger partial charge on any atom is -0.377 e. The van der Waals surface area contributed by atoms with Crippen molar-refractivity contribution < 1.29 is 4.74 Å². The molecule has 1 unspecified atom stereocenters. The van der Waals surface area contributed by atoms with Crippen LogP contribution in [-0.2, 0) is 4.74 Å². The Kier molecular flexibility index (Phi) is 4.26. The first-order chi connectivity index (χ1) is 6.95. The van der Waals surface area contributed by atoms with E-state index in [9.17, 15) is 0 Å². The zero-order valence-corrected chi connectivity index (χ0v) is 9.13. The highest BCUT2D eigenvalue weighted by Gasteiger charge is 2.17. The molecule has 2 fully saturated rings. The molecule has 1 saturated carbocycles. The van der Waals surface area contributed by atoms with E-state index in [1.807, 2.05) is 0 Å². The van der Waals surface area contributed by atoms with Gasteiger partial charge in [-0.2, -0.15) is 0 Å². The third kappa shape index (κ3) is 3.25. The minimum atomic E-state index is 0.569. The molecule has 1 N–H and O–H groups in total. The highest BCUT2D eigenvalue weighted by molar-refractivity contribution is 4.74. The first kappa shape index (κ1) is 10.4. The molecule has 0 radical (unpaired) electrons. The van der Waals surface area contributed by atoms with Crippen molar-refractivity contribution in [2.45, 2.75) is 63.5 Å². The van der Waals surface area contributed by atoms with E-state index in [1.165, 1.54) is 57.9 Å². The van der Waals surface area contributed by atoms with Crippen LogP contribution in [0.25, 0.3) is 0 Å². The Morgan fingerprint density at radius 1 is 0.929 bits per heavy atom. The van der Waals surface area contributed by atoms with Crippen LogP contribution in [-0.4, -0.2) is 25.3 Å². The lowest BCUT2D eigenvalue weighted by molar-refractivity contribution is 0.0320. The molecule has 1 saturated heterocycles. The maximum absolute atomic E-state index is 5.98. The molecule has 2 heteroatoms. The number of rotatable bonds is 3. The van der Waals surface area contributed by atoms with Gasteiger partial charge >= 0.3 is 0 Å². The predicted molar refractivity (Wildman–Crippen MR) is 58.5 cm³/mol. The van der Waals surface area contributed by atoms with Crippen LogP contribution in [0.5, 0.6) is 0 Å². The zero-order chi connectivity index (χ0) is 9.64. The van der Waals surface area contributed by atoms with Gasteiger partial charge in [-0.25, -0.2) is 0 Å². The van der Waals surface area contributed by atoms with E-state index in [4.69, 9.17) is 4.74 Å². The fraction of sp³-hybridized carbons (Fsp3) is 1.00. The standard InChI is InChI=1S/C12H23NO/c1-2-4-8-12(7-3-1)14-10-11-6-5-9-13-11/h11-13H,1-10H2. The van der Waals surface area contributed by atoms with Crippen molar-refractivity contribution in [3.63, 3.8) is 0 Å². The van der Waals surface area contributed by atoms with Crippen LogP contribution in [0.15, 0.2) is 0 Å². The Morgan fingerprint density at radius 3 is 2.36 bits per heavy atom. The summed E-state index contributed by atoms with van der Waals surface area (Å²) in [7, 11) is 0. The van der Waals surface area contributed by atoms with Crippen molar-refractivity contribution in [2.24, 2.45) is 0 Å². The Hall–Kier alpha value is -0.0800. The van der Waals surface area contributed by atoms with Crippen LogP contribution in [0.4, 0.5) is 0 Å². The van der Waals surface area contributed by atoms with Gasteiger partial charge in [-0.05, 0) is 32.2 Å². The molecule has 0 amide bonds. The highest BCUT2D eigenvalue weighted by Crippen LogP contribution is 2.20. The predicted octanol–water partition coefficient (Wildman–Crippen LogP) is 2.48. The lowest BCUT2D eigenvalue weighted by Crippen LogP contribution is -2.29. The molecular formula is C12H23NO. The molecule has 14 heavy (non-hydrogen) atoms. The molecule has 0 aromatic carbocycles. The van der Waals surface area contributed by atoms with Crippen molar-refractivity contribution in [3.8, 4) is 0 Å². The van der Waals surface area contributed by atoms with Crippen molar-refractivity contribution in [3.05, 3.63) is 0 Å². The topological polar surface area (TPSA) is 21.3 Å². The fourth-order valence-corrected chi connectivity index (χ4v) is 2.56. The summed E-state index contributed by atoms with van der Waals surface area (Å²) in [4.78, 5) is 0. The van der Waals surface area contributed by atoms with Crippen molar-refractivity contribution >= 4 is 0 Å². The lowest BCUT2D eigenvalue weighted by atomic mass is 10.1. The average Bonchev–Trinajstić information content (AvgIpc) is 2.58. The van der Waals surface area contributed by atoms with Gasteiger partial charge < -0.3 is 10.1 Å². The smallest absolute Gasteiger partial charge is 0.0623 e. The maximum atomic E-state index is 5.98. The average molecular weight is 197 g/mol. The summed E-state index contributed by atoms with van der Waals surface area (Å²) in [6.45, 7) is 2.14. The Balaban J connectivity index is 1.62. The van der Waals surface area contributed by atoms with E-state index >= 15 is 0 Å². The first-order valence-corrected chi connectivity index (χ1v) is 6.30. The normalized spacial score (nSPS) is 30.4. The number of nitrogens with one attached hydrogen (secondary N) is 1. The first-order valence-electron chi connectivity index (χ1n) is 6.30. The molecule has 1 heterocycles. The van der Waals surface area contributed by atoms with E-state index in [-0.39, 0.29) is 0 Å². The van der Waals surface area contributed by atoms with Crippen LogP contribution in [0.3, 0.4) is 0 Å². The van der Waals surface area contributed by atoms with E-state index < -0.39 is 0 Å². The van der Waals surface area contributed by atoms with E-state index in [1.54, 1.807) is 0 Å². The Morgan fingerprint density at radius 2 is 1.71 bits per heavy atom. The van der Waals surface area contributed by atoms with Gasteiger partial charge in [-0.15, -0.1) is 0 Å². The zero-order valence-electron chi connectivity index (χ0n) is 9.13. The third-order valence-electron chi connectivity index (χ3n) is 3.50. The Labute approximate surface area is 87.4 Å². The Bertz CT molecular complexity index is 146. The summed E-state index contributed by atoms with van der Waals surface area (Å²) >= 11 is 0. The molecule has 0 bridgehead atoms. The van der Waals surface area contributed by atoms with Gasteiger partial charge in [0.2, 0.25) is 0 Å². The summed E-state index contributed by atoms with van der Waals surface area (Å²) in [6, 6.07) is 0.651. The minimum absolute atomic E-state index is 0.569. The van der Waals surface area contributed by atoms with Crippen LogP contribution in [0, 0.1) is 0 Å². The van der Waals surface area contributed by atoms with Crippen LogP contribution >= 0.6 is 0 Å². The summed E-state index contributed by atoms with van der Waals surface area (Å²) < 4.78 is 5.98. The van der Waals surface area contributed by atoms with Crippen molar-refractivity contribution in [2.75, 3.05) is 13.2 Å². The van der Waals surface area contributed by atoms with Crippen LogP contribution in [0.1, 0.15) is 51.4 Å². The van der Waals surface area contributed by atoms with Crippen LogP contribution in [0.2, 0.25) is 0 Å². The second-order valence-electron chi connectivity index (χ2n) is 4.74. The third-order valence-corrected chi connectivity index (χ3v) is 3.50. The second kappa shape index (κ2) is 5.72. The monoisotopic (exact) mass is 197 g/mol. The van der Waals surface area contributed by atoms with Crippen molar-refractivity contribution in [1.29, 1.82) is 0 Å². The molecule has 1 aliphatic carbocycles. The van der Waals surface area contributed by atoms with Gasteiger partial charge in [0.1, 0.15) is 0 Å². The van der Waals surface area contributed by atoms with Gasteiger partial charge in [0.25, 0.3) is 0 Å². The fourth-order valence-electron chi connectivity index (χ4n) is 2.56. The summed E-state index contributed by atoms with van der Waals surface area (Å²) in [5.41, 5.74) is 0. The summed E-state index contributed by atoms with van der Waals surface area (Å²) in [5, 5.41) is 3.49. The van der Waals surface area contributed by atoms with E-state index in [2.05, 4.69) is 5.32 Å². The van der Waals surface area contributed by atoms with Gasteiger partial charge in [-0.1, -0.05) is 25.7 Å². The van der Waals surface area contributed by atoms with Crippen LogP contribution < -0.4 is 5.32 Å². The number of ether oxygens (including phenoxy) is 1. The lowest BCUT2D eigenvalue weighted by Gasteiger charge is -2.18. The molecular weight excluding hydrogens is 174 g/mol. The maximum Gasteiger partial charge on any atom is 0.0623 e. The quantitative estimate of drug-likeness (QED) is 0.702. The molecule has 2 rings (SSSR count). The SMILES string of the molecule is C1CCCC(OCC2CCCN2)CC1. The summed E-state index contributed by atoms with van der Waals surface area (Å²) in [6.07, 6.45) is 11.4. The molecule has 2 nitrogen and oxygen atoms in total. The molecule has 0 aromatic rings. The van der Waals surface area contributed by atoms with Crippen molar-refractivity contribution in [1.82, 2.24) is 5.32 Å². The second-order valence-corrected chi connectivity index (χ2v) is 4.74. The number of hydrogen-bond donors (Lipinski definition) is 1. The van der Waals surface area contributed by atoms with Gasteiger partial charge in [0.15, 0.2) is 0 Å². The molecule has 2 aliphatic rings. The van der Waals surface area contributed by atoms with Gasteiger partial charge in [-0.3, -0.25) is 0 Å². The van der Waals surface area contributed by atoms with E-state index in [0.29, 0.717) is 12.1 Å². The molecule has 1 aliphatic heterocycles. The highest BCUT2D eigenvalue weighted by atomic mass is 16.5. The molecule has 0 spiro atoms. The number of hydrogen-bond acceptors (Lipinski definition) is 2. The molecule has 0 aromatic heterocycles. The largest absolute Gasteiger partial charge is 0.377 e. The van der Waals surface area contributed by atoms with Gasteiger partial charge in [0.05, 0.1) is 12.7 Å². The van der Waals surface area contributed by atoms with E-state index in [0.717, 1.165) is 6.61 Å². The van der Waals surface area contributed by atoms with Gasteiger partial charge in [0, 0.05) is 6.04 Å². The molecule has 82 valence electrons.